The van der Waals surface area contributed by atoms with Crippen LogP contribution >= 0.6 is 15.9 Å². The van der Waals surface area contributed by atoms with Crippen molar-refractivity contribution >= 4 is 15.9 Å². The summed E-state index contributed by atoms with van der Waals surface area (Å²) in [5.74, 6) is 1.00. The molecule has 0 N–H and O–H groups in total. The van der Waals surface area contributed by atoms with Crippen molar-refractivity contribution in [1.29, 1.82) is 0 Å². The Morgan fingerprint density at radius 3 is 2.42 bits per heavy atom. The first-order valence-electron chi connectivity index (χ1n) is 6.14. The first kappa shape index (κ1) is 12.2. The van der Waals surface area contributed by atoms with Crippen LogP contribution in [0.25, 0.3) is 11.4 Å². The van der Waals surface area contributed by atoms with Crippen molar-refractivity contribution in [2.24, 2.45) is 0 Å². The van der Waals surface area contributed by atoms with Crippen LogP contribution in [0.5, 0.6) is 0 Å². The molecule has 0 aliphatic rings. The standard InChI is InChI=1S/C16H13BrN2/c17-15-8-6-13(7-9-15)12-19-11-10-18-16(19)14-4-2-1-3-5-14/h1-11H,12H2. The van der Waals surface area contributed by atoms with Crippen LogP contribution < -0.4 is 0 Å². The lowest BCUT2D eigenvalue weighted by Crippen LogP contribution is -2.00. The second kappa shape index (κ2) is 5.41. The molecule has 0 bridgehead atoms. The van der Waals surface area contributed by atoms with E-state index in [1.807, 2.05) is 30.6 Å². The van der Waals surface area contributed by atoms with Crippen LogP contribution in [0.15, 0.2) is 71.5 Å². The minimum absolute atomic E-state index is 0.831. The molecule has 0 aliphatic heterocycles. The Balaban J connectivity index is 1.91. The second-order valence-corrected chi connectivity index (χ2v) is 5.29. The Labute approximate surface area is 120 Å². The Kier molecular flexibility index (Phi) is 3.47. The molecule has 0 radical (unpaired) electrons. The van der Waals surface area contributed by atoms with Crippen LogP contribution in [0.2, 0.25) is 0 Å². The predicted molar refractivity (Wildman–Crippen MR) is 80.9 cm³/mol. The van der Waals surface area contributed by atoms with Gasteiger partial charge in [-0.3, -0.25) is 0 Å². The smallest absolute Gasteiger partial charge is 0.140 e. The van der Waals surface area contributed by atoms with Gasteiger partial charge in [-0.25, -0.2) is 4.98 Å². The lowest BCUT2D eigenvalue weighted by Gasteiger charge is -2.08. The fourth-order valence-corrected chi connectivity index (χ4v) is 2.34. The van der Waals surface area contributed by atoms with Crippen LogP contribution in [0.1, 0.15) is 5.56 Å². The van der Waals surface area contributed by atoms with Crippen molar-refractivity contribution in [2.45, 2.75) is 6.54 Å². The van der Waals surface area contributed by atoms with Gasteiger partial charge in [0.15, 0.2) is 0 Å². The summed E-state index contributed by atoms with van der Waals surface area (Å²) in [6, 6.07) is 18.6. The van der Waals surface area contributed by atoms with Crippen molar-refractivity contribution in [3.05, 3.63) is 77.0 Å². The molecule has 94 valence electrons. The third kappa shape index (κ3) is 2.76. The van der Waals surface area contributed by atoms with Crippen LogP contribution in [-0.2, 0) is 6.54 Å². The van der Waals surface area contributed by atoms with Gasteiger partial charge in [0.2, 0.25) is 0 Å². The Morgan fingerprint density at radius 1 is 0.947 bits per heavy atom. The zero-order chi connectivity index (χ0) is 13.1. The zero-order valence-corrected chi connectivity index (χ0v) is 11.9. The molecule has 19 heavy (non-hydrogen) atoms. The van der Waals surface area contributed by atoms with E-state index in [1.54, 1.807) is 0 Å². The largest absolute Gasteiger partial charge is 0.327 e. The van der Waals surface area contributed by atoms with Gasteiger partial charge in [-0.1, -0.05) is 58.4 Å². The predicted octanol–water partition coefficient (Wildman–Crippen LogP) is 4.36. The van der Waals surface area contributed by atoms with Gasteiger partial charge in [0.1, 0.15) is 5.82 Å². The Morgan fingerprint density at radius 2 is 1.68 bits per heavy atom. The summed E-state index contributed by atoms with van der Waals surface area (Å²) < 4.78 is 3.27. The molecule has 0 atom stereocenters. The molecule has 0 fully saturated rings. The highest BCUT2D eigenvalue weighted by Crippen LogP contribution is 2.18. The summed E-state index contributed by atoms with van der Waals surface area (Å²) in [5.41, 5.74) is 2.41. The van der Waals surface area contributed by atoms with Gasteiger partial charge < -0.3 is 4.57 Å². The normalized spacial score (nSPS) is 10.6. The minimum Gasteiger partial charge on any atom is -0.327 e. The number of benzene rings is 2. The van der Waals surface area contributed by atoms with Crippen molar-refractivity contribution in [3.8, 4) is 11.4 Å². The molecule has 3 heteroatoms. The molecule has 0 aliphatic carbocycles. The van der Waals surface area contributed by atoms with Crippen molar-refractivity contribution in [3.63, 3.8) is 0 Å². The maximum atomic E-state index is 4.45. The molecular formula is C16H13BrN2. The third-order valence-electron chi connectivity index (χ3n) is 3.01. The highest BCUT2D eigenvalue weighted by Gasteiger charge is 2.05. The molecule has 0 saturated heterocycles. The van der Waals surface area contributed by atoms with E-state index in [2.05, 4.69) is 61.9 Å². The molecule has 1 aromatic heterocycles. The summed E-state index contributed by atoms with van der Waals surface area (Å²) in [7, 11) is 0. The van der Waals surface area contributed by atoms with Gasteiger partial charge in [-0.2, -0.15) is 0 Å². The SMILES string of the molecule is Brc1ccc(Cn2ccnc2-c2ccccc2)cc1. The number of hydrogen-bond donors (Lipinski definition) is 0. The molecule has 3 aromatic rings. The molecule has 1 heterocycles. The summed E-state index contributed by atoms with van der Waals surface area (Å²) in [5, 5.41) is 0. The number of rotatable bonds is 3. The monoisotopic (exact) mass is 312 g/mol. The lowest BCUT2D eigenvalue weighted by molar-refractivity contribution is 0.807. The molecule has 2 aromatic carbocycles. The number of imidazole rings is 1. The van der Waals surface area contributed by atoms with E-state index in [0.29, 0.717) is 0 Å². The highest BCUT2D eigenvalue weighted by atomic mass is 79.9. The number of halogens is 1. The fourth-order valence-electron chi connectivity index (χ4n) is 2.07. The molecule has 0 saturated carbocycles. The molecule has 0 unspecified atom stereocenters. The maximum Gasteiger partial charge on any atom is 0.140 e. The quantitative estimate of drug-likeness (QED) is 0.702. The van der Waals surface area contributed by atoms with E-state index < -0.39 is 0 Å². The topological polar surface area (TPSA) is 17.8 Å². The average Bonchev–Trinajstić information content (AvgIpc) is 2.90. The van der Waals surface area contributed by atoms with Gasteiger partial charge >= 0.3 is 0 Å². The highest BCUT2D eigenvalue weighted by molar-refractivity contribution is 9.10. The molecular weight excluding hydrogens is 300 g/mol. The molecule has 3 rings (SSSR count). The minimum atomic E-state index is 0.831. The van der Waals surface area contributed by atoms with Gasteiger partial charge in [0.25, 0.3) is 0 Å². The summed E-state index contributed by atoms with van der Waals surface area (Å²) >= 11 is 3.46. The second-order valence-electron chi connectivity index (χ2n) is 4.37. The van der Waals surface area contributed by atoms with Gasteiger partial charge in [-0.05, 0) is 17.7 Å². The Bertz CT molecular complexity index is 657. The summed E-state index contributed by atoms with van der Waals surface area (Å²) in [4.78, 5) is 4.45. The van der Waals surface area contributed by atoms with Crippen molar-refractivity contribution < 1.29 is 0 Å². The van der Waals surface area contributed by atoms with Gasteiger partial charge in [-0.15, -0.1) is 0 Å². The van der Waals surface area contributed by atoms with Gasteiger partial charge in [0, 0.05) is 29.0 Å². The van der Waals surface area contributed by atoms with Crippen LogP contribution in [0.4, 0.5) is 0 Å². The third-order valence-corrected chi connectivity index (χ3v) is 3.54. The summed E-state index contributed by atoms with van der Waals surface area (Å²) in [6.45, 7) is 0.831. The zero-order valence-electron chi connectivity index (χ0n) is 10.3. The van der Waals surface area contributed by atoms with Gasteiger partial charge in [0.05, 0.1) is 0 Å². The van der Waals surface area contributed by atoms with Crippen LogP contribution in [0.3, 0.4) is 0 Å². The molecule has 0 amide bonds. The first-order chi connectivity index (χ1) is 9.33. The molecule has 0 spiro atoms. The van der Waals surface area contributed by atoms with Crippen molar-refractivity contribution in [1.82, 2.24) is 9.55 Å². The summed E-state index contributed by atoms with van der Waals surface area (Å²) in [6.07, 6.45) is 3.87. The van der Waals surface area contributed by atoms with Crippen LogP contribution in [0, 0.1) is 0 Å². The van der Waals surface area contributed by atoms with E-state index in [9.17, 15) is 0 Å². The van der Waals surface area contributed by atoms with E-state index >= 15 is 0 Å². The van der Waals surface area contributed by atoms with Crippen LogP contribution in [-0.4, -0.2) is 9.55 Å². The van der Waals surface area contributed by atoms with E-state index in [-0.39, 0.29) is 0 Å². The maximum absolute atomic E-state index is 4.45. The van der Waals surface area contributed by atoms with E-state index in [0.717, 1.165) is 22.4 Å². The van der Waals surface area contributed by atoms with E-state index in [4.69, 9.17) is 0 Å². The number of hydrogen-bond acceptors (Lipinski definition) is 1. The van der Waals surface area contributed by atoms with Crippen molar-refractivity contribution in [2.75, 3.05) is 0 Å². The lowest BCUT2D eigenvalue weighted by atomic mass is 10.2. The number of nitrogens with zero attached hydrogens (tertiary/aromatic N) is 2. The Hall–Kier alpha value is -1.87. The first-order valence-corrected chi connectivity index (χ1v) is 6.93. The molecule has 2 nitrogen and oxygen atoms in total. The number of aromatic nitrogens is 2. The average molecular weight is 313 g/mol. The fraction of sp³-hybridized carbons (Fsp3) is 0.0625. The van der Waals surface area contributed by atoms with E-state index in [1.165, 1.54) is 5.56 Å².